The number of hydrogen-bond donors (Lipinski definition) is 1. The topological polar surface area (TPSA) is 47.3 Å². The zero-order valence-corrected chi connectivity index (χ0v) is 13.6. The average molecular weight is 312 g/mol. The molecule has 1 saturated heterocycles. The maximum absolute atomic E-state index is 6.12. The van der Waals surface area contributed by atoms with Crippen LogP contribution in [0.15, 0.2) is 40.9 Å². The first-order valence-corrected chi connectivity index (χ1v) is 8.63. The van der Waals surface area contributed by atoms with Crippen molar-refractivity contribution >= 4 is 0 Å². The fourth-order valence-electron chi connectivity index (χ4n) is 3.90. The van der Waals surface area contributed by atoms with E-state index >= 15 is 0 Å². The van der Waals surface area contributed by atoms with Gasteiger partial charge in [-0.3, -0.25) is 0 Å². The van der Waals surface area contributed by atoms with Crippen molar-refractivity contribution in [3.63, 3.8) is 0 Å². The summed E-state index contributed by atoms with van der Waals surface area (Å²) in [6.07, 6.45) is 5.01. The van der Waals surface area contributed by atoms with Crippen molar-refractivity contribution in [1.29, 1.82) is 0 Å². The van der Waals surface area contributed by atoms with Crippen molar-refractivity contribution in [3.05, 3.63) is 42.2 Å². The Balaban J connectivity index is 1.40. The third-order valence-corrected chi connectivity index (χ3v) is 5.29. The summed E-state index contributed by atoms with van der Waals surface area (Å²) < 4.78 is 11.7. The molecule has 2 heterocycles. The van der Waals surface area contributed by atoms with E-state index < -0.39 is 0 Å². The zero-order valence-electron chi connectivity index (χ0n) is 13.6. The van der Waals surface area contributed by atoms with Crippen LogP contribution in [0.25, 0.3) is 11.3 Å². The molecule has 1 N–H and O–H groups in total. The van der Waals surface area contributed by atoms with E-state index in [0.717, 1.165) is 36.1 Å². The maximum atomic E-state index is 6.12. The third-order valence-electron chi connectivity index (χ3n) is 5.29. The van der Waals surface area contributed by atoms with Gasteiger partial charge in [-0.1, -0.05) is 41.9 Å². The van der Waals surface area contributed by atoms with E-state index in [1.165, 1.54) is 25.7 Å². The van der Waals surface area contributed by atoms with Crippen molar-refractivity contribution in [3.8, 4) is 11.3 Å². The molecule has 4 rings (SSSR count). The number of hydrogen-bond acceptors (Lipinski definition) is 4. The quantitative estimate of drug-likeness (QED) is 0.908. The second kappa shape index (κ2) is 6.10. The van der Waals surface area contributed by atoms with Crippen molar-refractivity contribution in [2.45, 2.75) is 44.2 Å². The molecule has 122 valence electrons. The lowest BCUT2D eigenvalue weighted by molar-refractivity contribution is -0.00302. The summed E-state index contributed by atoms with van der Waals surface area (Å²) in [4.78, 5) is 0. The molecule has 1 aliphatic heterocycles. The van der Waals surface area contributed by atoms with E-state index in [1.54, 1.807) is 0 Å². The predicted molar refractivity (Wildman–Crippen MR) is 89.0 cm³/mol. The minimum Gasteiger partial charge on any atom is -0.373 e. The minimum atomic E-state index is 0.0550. The Hall–Kier alpha value is -1.65. The third kappa shape index (κ3) is 3.06. The summed E-state index contributed by atoms with van der Waals surface area (Å²) >= 11 is 0. The lowest BCUT2D eigenvalue weighted by atomic mass is 9.81. The summed E-state index contributed by atoms with van der Waals surface area (Å²) in [7, 11) is 0. The number of aromatic nitrogens is 1. The van der Waals surface area contributed by atoms with Crippen LogP contribution in [0, 0.1) is 5.92 Å². The van der Waals surface area contributed by atoms with Crippen molar-refractivity contribution in [1.82, 2.24) is 10.5 Å². The van der Waals surface area contributed by atoms with Gasteiger partial charge >= 0.3 is 0 Å². The van der Waals surface area contributed by atoms with Crippen LogP contribution in [0.5, 0.6) is 0 Å². The zero-order chi connectivity index (χ0) is 15.7. The average Bonchev–Trinajstić information content (AvgIpc) is 3.19. The Morgan fingerprint density at radius 1 is 1.35 bits per heavy atom. The highest BCUT2D eigenvalue weighted by Gasteiger charge is 2.43. The van der Waals surface area contributed by atoms with Gasteiger partial charge < -0.3 is 14.6 Å². The number of fused-ring (bicyclic) bond motifs is 2. The van der Waals surface area contributed by atoms with Crippen LogP contribution in [0.2, 0.25) is 0 Å². The Morgan fingerprint density at radius 3 is 3.09 bits per heavy atom. The Kier molecular flexibility index (Phi) is 3.95. The normalized spacial score (nSPS) is 28.0. The fraction of sp³-hybridized carbons (Fsp3) is 0.526. The van der Waals surface area contributed by atoms with E-state index in [2.05, 4.69) is 17.4 Å². The van der Waals surface area contributed by atoms with Crippen LogP contribution in [0.1, 0.15) is 44.4 Å². The molecular weight excluding hydrogens is 288 g/mol. The summed E-state index contributed by atoms with van der Waals surface area (Å²) in [5.74, 6) is 1.65. The van der Waals surface area contributed by atoms with Crippen LogP contribution >= 0.6 is 0 Å². The van der Waals surface area contributed by atoms with Crippen molar-refractivity contribution < 1.29 is 9.26 Å². The molecule has 4 nitrogen and oxygen atoms in total. The van der Waals surface area contributed by atoms with Gasteiger partial charge in [0.2, 0.25) is 0 Å². The van der Waals surface area contributed by atoms with E-state index in [9.17, 15) is 0 Å². The van der Waals surface area contributed by atoms with Gasteiger partial charge in [-0.05, 0) is 32.1 Å². The van der Waals surface area contributed by atoms with Crippen LogP contribution in [-0.2, 0) is 4.74 Å². The lowest BCUT2D eigenvalue weighted by Gasteiger charge is -2.32. The highest BCUT2D eigenvalue weighted by atomic mass is 16.5. The van der Waals surface area contributed by atoms with Gasteiger partial charge in [0, 0.05) is 18.2 Å². The second-order valence-electron chi connectivity index (χ2n) is 7.04. The molecule has 2 aromatic rings. The Bertz CT molecular complexity index is 650. The number of rotatable bonds is 5. The molecule has 3 unspecified atom stereocenters. The van der Waals surface area contributed by atoms with Crippen LogP contribution < -0.4 is 5.32 Å². The number of nitrogens with one attached hydrogen (secondary N) is 1. The van der Waals surface area contributed by atoms with Gasteiger partial charge in [-0.15, -0.1) is 0 Å². The molecule has 2 fully saturated rings. The molecule has 1 aromatic heterocycles. The van der Waals surface area contributed by atoms with Gasteiger partial charge in [0.25, 0.3) is 0 Å². The SMILES string of the molecule is CC(NCC12CCCC(CO1)C2)c1cc(-c2ccccc2)no1. The van der Waals surface area contributed by atoms with Gasteiger partial charge in [0.05, 0.1) is 18.2 Å². The number of benzene rings is 1. The largest absolute Gasteiger partial charge is 0.373 e. The summed E-state index contributed by atoms with van der Waals surface area (Å²) in [6, 6.07) is 12.3. The summed E-state index contributed by atoms with van der Waals surface area (Å²) in [5.41, 5.74) is 2.03. The molecule has 23 heavy (non-hydrogen) atoms. The number of nitrogens with zero attached hydrogens (tertiary/aromatic N) is 1. The Labute approximate surface area is 137 Å². The molecule has 1 aromatic carbocycles. The first kappa shape index (κ1) is 14.9. The molecular formula is C19H24N2O2. The van der Waals surface area contributed by atoms with E-state index in [-0.39, 0.29) is 11.6 Å². The summed E-state index contributed by atoms with van der Waals surface area (Å²) in [6.45, 7) is 3.96. The molecule has 3 atom stereocenters. The van der Waals surface area contributed by atoms with Crippen molar-refractivity contribution in [2.75, 3.05) is 13.2 Å². The van der Waals surface area contributed by atoms with E-state index in [0.29, 0.717) is 0 Å². The predicted octanol–water partition coefficient (Wildman–Crippen LogP) is 3.95. The van der Waals surface area contributed by atoms with Gasteiger partial charge in [-0.25, -0.2) is 0 Å². The first-order valence-electron chi connectivity index (χ1n) is 8.63. The van der Waals surface area contributed by atoms with Crippen molar-refractivity contribution in [2.24, 2.45) is 5.92 Å². The maximum Gasteiger partial charge on any atom is 0.153 e. The Morgan fingerprint density at radius 2 is 2.22 bits per heavy atom. The van der Waals surface area contributed by atoms with Gasteiger partial charge in [0.15, 0.2) is 5.76 Å². The van der Waals surface area contributed by atoms with Gasteiger partial charge in [0.1, 0.15) is 5.69 Å². The van der Waals surface area contributed by atoms with Crippen LogP contribution in [0.3, 0.4) is 0 Å². The van der Waals surface area contributed by atoms with E-state index in [4.69, 9.17) is 9.26 Å². The summed E-state index contributed by atoms with van der Waals surface area (Å²) in [5, 5.41) is 7.79. The highest BCUT2D eigenvalue weighted by molar-refractivity contribution is 5.58. The molecule has 1 saturated carbocycles. The molecule has 0 amide bonds. The molecule has 0 radical (unpaired) electrons. The fourth-order valence-corrected chi connectivity index (χ4v) is 3.90. The molecule has 2 bridgehead atoms. The first-order chi connectivity index (χ1) is 11.2. The molecule has 1 aliphatic carbocycles. The smallest absolute Gasteiger partial charge is 0.153 e. The number of ether oxygens (including phenoxy) is 1. The lowest BCUT2D eigenvalue weighted by Crippen LogP contribution is -2.42. The molecule has 4 heteroatoms. The van der Waals surface area contributed by atoms with Crippen LogP contribution in [0.4, 0.5) is 0 Å². The second-order valence-corrected chi connectivity index (χ2v) is 7.04. The van der Waals surface area contributed by atoms with Gasteiger partial charge in [-0.2, -0.15) is 0 Å². The molecule has 2 aliphatic rings. The monoisotopic (exact) mass is 312 g/mol. The highest BCUT2D eigenvalue weighted by Crippen LogP contribution is 2.41. The molecule has 0 spiro atoms. The van der Waals surface area contributed by atoms with Crippen LogP contribution in [-0.4, -0.2) is 23.9 Å². The van der Waals surface area contributed by atoms with E-state index in [1.807, 2.05) is 36.4 Å². The standard InChI is InChI=1S/C19H24N2O2/c1-14(20-13-19-9-5-6-15(11-19)12-22-19)18-10-17(21-23-18)16-7-3-2-4-8-16/h2-4,7-8,10,14-15,20H,5-6,9,11-13H2,1H3. The minimum absolute atomic E-state index is 0.0550.